The average Bonchev–Trinajstić information content (AvgIpc) is 2.45. The summed E-state index contributed by atoms with van der Waals surface area (Å²) in [5.41, 5.74) is 0.828. The lowest BCUT2D eigenvalue weighted by Crippen LogP contribution is -2.15. The van der Waals surface area contributed by atoms with Crippen LogP contribution in [0, 0.1) is 18.3 Å². The highest BCUT2D eigenvalue weighted by molar-refractivity contribution is 5.47. The van der Waals surface area contributed by atoms with E-state index < -0.39 is 0 Å². The number of methoxy groups -OCH3 is 1. The van der Waals surface area contributed by atoms with Gasteiger partial charge in [-0.3, -0.25) is 0 Å². The first-order chi connectivity index (χ1) is 8.83. The van der Waals surface area contributed by atoms with Gasteiger partial charge in [-0.15, -0.1) is 6.42 Å². The molecule has 0 spiro atoms. The average molecular weight is 244 g/mol. The first-order valence-electron chi connectivity index (χ1n) is 6.61. The van der Waals surface area contributed by atoms with E-state index >= 15 is 0 Å². The van der Waals surface area contributed by atoms with Crippen LogP contribution < -0.4 is 9.47 Å². The van der Waals surface area contributed by atoms with Gasteiger partial charge in [0.25, 0.3) is 0 Å². The van der Waals surface area contributed by atoms with Crippen molar-refractivity contribution in [2.24, 2.45) is 5.92 Å². The van der Waals surface area contributed by atoms with E-state index in [1.54, 1.807) is 7.11 Å². The lowest BCUT2D eigenvalue weighted by Gasteiger charge is -2.22. The third kappa shape index (κ3) is 3.20. The van der Waals surface area contributed by atoms with Gasteiger partial charge in [0, 0.05) is 5.56 Å². The van der Waals surface area contributed by atoms with Crippen molar-refractivity contribution in [2.45, 2.75) is 32.1 Å². The van der Waals surface area contributed by atoms with Crippen molar-refractivity contribution in [3.8, 4) is 23.8 Å². The van der Waals surface area contributed by atoms with Gasteiger partial charge in [0.2, 0.25) is 0 Å². The summed E-state index contributed by atoms with van der Waals surface area (Å²) in [5.74, 6) is 4.82. The first kappa shape index (κ1) is 12.8. The highest BCUT2D eigenvalue weighted by atomic mass is 16.5. The van der Waals surface area contributed by atoms with Crippen LogP contribution in [0.4, 0.5) is 0 Å². The van der Waals surface area contributed by atoms with E-state index in [0.29, 0.717) is 5.92 Å². The van der Waals surface area contributed by atoms with Gasteiger partial charge in [-0.05, 0) is 37.0 Å². The highest BCUT2D eigenvalue weighted by Crippen LogP contribution is 2.30. The Morgan fingerprint density at radius 3 is 2.67 bits per heavy atom. The second-order valence-electron chi connectivity index (χ2n) is 4.83. The van der Waals surface area contributed by atoms with Crippen LogP contribution in [-0.2, 0) is 0 Å². The second kappa shape index (κ2) is 6.35. The molecule has 1 aromatic rings. The van der Waals surface area contributed by atoms with E-state index in [1.165, 1.54) is 32.1 Å². The van der Waals surface area contributed by atoms with Crippen LogP contribution in [0.25, 0.3) is 0 Å². The maximum absolute atomic E-state index is 5.89. The molecule has 1 aliphatic carbocycles. The minimum Gasteiger partial charge on any atom is -0.493 e. The maximum Gasteiger partial charge on any atom is 0.162 e. The molecular formula is C16H20O2. The zero-order chi connectivity index (χ0) is 12.8. The zero-order valence-electron chi connectivity index (χ0n) is 10.9. The van der Waals surface area contributed by atoms with Gasteiger partial charge in [0.1, 0.15) is 0 Å². The smallest absolute Gasteiger partial charge is 0.162 e. The fourth-order valence-electron chi connectivity index (χ4n) is 2.44. The lowest BCUT2D eigenvalue weighted by atomic mass is 9.90. The molecule has 0 aromatic heterocycles. The quantitative estimate of drug-likeness (QED) is 0.753. The van der Waals surface area contributed by atoms with Gasteiger partial charge < -0.3 is 9.47 Å². The maximum atomic E-state index is 5.89. The molecule has 1 fully saturated rings. The van der Waals surface area contributed by atoms with Crippen molar-refractivity contribution >= 4 is 0 Å². The molecule has 0 bridgehead atoms. The summed E-state index contributed by atoms with van der Waals surface area (Å²) >= 11 is 0. The van der Waals surface area contributed by atoms with Crippen molar-refractivity contribution in [3.63, 3.8) is 0 Å². The SMILES string of the molecule is C#Cc1ccc(OC)c(OCC2CCCCC2)c1. The molecule has 2 nitrogen and oxygen atoms in total. The lowest BCUT2D eigenvalue weighted by molar-refractivity contribution is 0.202. The Morgan fingerprint density at radius 2 is 2.00 bits per heavy atom. The van der Waals surface area contributed by atoms with Crippen molar-refractivity contribution < 1.29 is 9.47 Å². The van der Waals surface area contributed by atoms with Crippen LogP contribution >= 0.6 is 0 Å². The summed E-state index contributed by atoms with van der Waals surface area (Å²) in [6.45, 7) is 0.768. The summed E-state index contributed by atoms with van der Waals surface area (Å²) in [5, 5.41) is 0. The van der Waals surface area contributed by atoms with Crippen molar-refractivity contribution in [1.82, 2.24) is 0 Å². The molecule has 2 rings (SSSR count). The van der Waals surface area contributed by atoms with Gasteiger partial charge in [-0.1, -0.05) is 25.2 Å². The van der Waals surface area contributed by atoms with E-state index in [1.807, 2.05) is 18.2 Å². The molecular weight excluding hydrogens is 224 g/mol. The summed E-state index contributed by atoms with van der Waals surface area (Å²) in [6, 6.07) is 5.61. The summed E-state index contributed by atoms with van der Waals surface area (Å²) < 4.78 is 11.2. The molecule has 0 heterocycles. The van der Waals surface area contributed by atoms with Crippen LogP contribution in [0.15, 0.2) is 18.2 Å². The summed E-state index contributed by atoms with van der Waals surface area (Å²) in [6.07, 6.45) is 12.0. The van der Waals surface area contributed by atoms with Crippen LogP contribution in [0.1, 0.15) is 37.7 Å². The Hall–Kier alpha value is -1.62. The Morgan fingerprint density at radius 1 is 1.22 bits per heavy atom. The molecule has 18 heavy (non-hydrogen) atoms. The molecule has 0 unspecified atom stereocenters. The van der Waals surface area contributed by atoms with E-state index in [4.69, 9.17) is 15.9 Å². The summed E-state index contributed by atoms with van der Waals surface area (Å²) in [4.78, 5) is 0. The van der Waals surface area contributed by atoms with Crippen LogP contribution in [0.5, 0.6) is 11.5 Å². The van der Waals surface area contributed by atoms with E-state index in [2.05, 4.69) is 5.92 Å². The van der Waals surface area contributed by atoms with Crippen LogP contribution in [0.2, 0.25) is 0 Å². The van der Waals surface area contributed by atoms with E-state index in [9.17, 15) is 0 Å². The topological polar surface area (TPSA) is 18.5 Å². The minimum absolute atomic E-state index is 0.679. The molecule has 1 aromatic carbocycles. The molecule has 0 amide bonds. The Bertz CT molecular complexity index is 425. The normalized spacial score (nSPS) is 16.0. The van der Waals surface area contributed by atoms with Gasteiger partial charge in [0.15, 0.2) is 11.5 Å². The third-order valence-electron chi connectivity index (χ3n) is 3.53. The Balaban J connectivity index is 2.00. The van der Waals surface area contributed by atoms with Crippen molar-refractivity contribution in [3.05, 3.63) is 23.8 Å². The third-order valence-corrected chi connectivity index (χ3v) is 3.53. The van der Waals surface area contributed by atoms with E-state index in [-0.39, 0.29) is 0 Å². The number of hydrogen-bond acceptors (Lipinski definition) is 2. The number of rotatable bonds is 4. The number of benzene rings is 1. The van der Waals surface area contributed by atoms with E-state index in [0.717, 1.165) is 23.7 Å². The standard InChI is InChI=1S/C16H20O2/c1-3-13-9-10-15(17-2)16(11-13)18-12-14-7-5-4-6-8-14/h1,9-11,14H,4-8,12H2,2H3. The molecule has 1 saturated carbocycles. The number of ether oxygens (including phenoxy) is 2. The van der Waals surface area contributed by atoms with Crippen LogP contribution in [-0.4, -0.2) is 13.7 Å². The van der Waals surface area contributed by atoms with Crippen LogP contribution in [0.3, 0.4) is 0 Å². The Labute approximate surface area is 109 Å². The van der Waals surface area contributed by atoms with Gasteiger partial charge in [-0.25, -0.2) is 0 Å². The second-order valence-corrected chi connectivity index (χ2v) is 4.83. The molecule has 0 N–H and O–H groups in total. The first-order valence-corrected chi connectivity index (χ1v) is 6.61. The molecule has 2 heteroatoms. The Kier molecular flexibility index (Phi) is 4.52. The zero-order valence-corrected chi connectivity index (χ0v) is 10.9. The summed E-state index contributed by atoms with van der Waals surface area (Å²) in [7, 11) is 1.65. The number of terminal acetylenes is 1. The van der Waals surface area contributed by atoms with Crippen molar-refractivity contribution in [1.29, 1.82) is 0 Å². The minimum atomic E-state index is 0.679. The fourth-order valence-corrected chi connectivity index (χ4v) is 2.44. The monoisotopic (exact) mass is 244 g/mol. The number of hydrogen-bond donors (Lipinski definition) is 0. The molecule has 1 aliphatic rings. The molecule has 0 saturated heterocycles. The predicted octanol–water partition coefficient (Wildman–Crippen LogP) is 3.64. The van der Waals surface area contributed by atoms with Gasteiger partial charge in [0.05, 0.1) is 13.7 Å². The van der Waals surface area contributed by atoms with Gasteiger partial charge in [-0.2, -0.15) is 0 Å². The molecule has 96 valence electrons. The molecule has 0 radical (unpaired) electrons. The fraction of sp³-hybridized carbons (Fsp3) is 0.500. The highest BCUT2D eigenvalue weighted by Gasteiger charge is 2.15. The van der Waals surface area contributed by atoms with Gasteiger partial charge >= 0.3 is 0 Å². The predicted molar refractivity (Wildman–Crippen MR) is 73.0 cm³/mol. The van der Waals surface area contributed by atoms with Crippen molar-refractivity contribution in [2.75, 3.05) is 13.7 Å². The molecule has 0 aliphatic heterocycles. The largest absolute Gasteiger partial charge is 0.493 e. The molecule has 0 atom stereocenters.